The normalized spacial score (nSPS) is 17.2. The molecule has 0 fully saturated rings. The van der Waals surface area contributed by atoms with Gasteiger partial charge in [0.15, 0.2) is 0 Å². The van der Waals surface area contributed by atoms with Crippen LogP contribution in [0.2, 0.25) is 0 Å². The third-order valence-corrected chi connectivity index (χ3v) is 7.57. The minimum atomic E-state index is -4.86. The maximum atomic E-state index is 14.0. The number of alkyl halides is 3. The lowest BCUT2D eigenvalue weighted by Gasteiger charge is -2.31. The number of halogens is 3. The molecule has 2 aromatic carbocycles. The first-order chi connectivity index (χ1) is 19.0. The maximum absolute atomic E-state index is 14.0. The van der Waals surface area contributed by atoms with Crippen LogP contribution in [0.15, 0.2) is 65.5 Å². The predicted octanol–water partition coefficient (Wildman–Crippen LogP) is 8.19. The topological polar surface area (TPSA) is 55.0 Å². The Bertz CT molecular complexity index is 1660. The van der Waals surface area contributed by atoms with E-state index in [-0.39, 0.29) is 17.7 Å². The van der Waals surface area contributed by atoms with Crippen molar-refractivity contribution in [3.8, 4) is 11.8 Å². The van der Waals surface area contributed by atoms with Gasteiger partial charge in [-0.1, -0.05) is 68.8 Å². The SMILES string of the molecule is Cc1ccc(Cn2c(C3=CCC(C)(Oc4ccc(C(C)(C)C)cc4C)C=C3)cc(C(F)(F)F)c(C#N)c2=O)c(C)c1. The number of ether oxygens (including phenoxy) is 1. The second-order valence-corrected chi connectivity index (χ2v) is 12.1. The monoisotopic (exact) mass is 560 g/mol. The number of aryl methyl sites for hydroxylation is 3. The Morgan fingerprint density at radius 3 is 2.27 bits per heavy atom. The van der Waals surface area contributed by atoms with Crippen LogP contribution in [0.1, 0.15) is 78.8 Å². The smallest absolute Gasteiger partial charge is 0.417 e. The number of rotatable bonds is 5. The Morgan fingerprint density at radius 1 is 1.02 bits per heavy atom. The molecule has 0 saturated heterocycles. The summed E-state index contributed by atoms with van der Waals surface area (Å²) in [6.45, 7) is 14.2. The lowest BCUT2D eigenvalue weighted by Crippen LogP contribution is -2.32. The highest BCUT2D eigenvalue weighted by molar-refractivity contribution is 5.74. The summed E-state index contributed by atoms with van der Waals surface area (Å²) in [6, 6.07) is 14.2. The van der Waals surface area contributed by atoms with Crippen molar-refractivity contribution in [2.24, 2.45) is 0 Å². The van der Waals surface area contributed by atoms with Gasteiger partial charge in [-0.2, -0.15) is 18.4 Å². The highest BCUT2D eigenvalue weighted by Crippen LogP contribution is 2.36. The molecular weight excluding hydrogens is 525 g/mol. The van der Waals surface area contributed by atoms with Crippen LogP contribution < -0.4 is 10.3 Å². The molecule has 0 N–H and O–H groups in total. The van der Waals surface area contributed by atoms with Crippen LogP contribution in [0.5, 0.6) is 5.75 Å². The first-order valence-electron chi connectivity index (χ1n) is 13.5. The van der Waals surface area contributed by atoms with E-state index < -0.39 is 28.5 Å². The van der Waals surface area contributed by atoms with Crippen molar-refractivity contribution in [2.45, 2.75) is 78.6 Å². The van der Waals surface area contributed by atoms with Gasteiger partial charge in [0.1, 0.15) is 23.0 Å². The number of hydrogen-bond acceptors (Lipinski definition) is 3. The molecule has 4 rings (SSSR count). The van der Waals surface area contributed by atoms with E-state index in [4.69, 9.17) is 4.74 Å². The van der Waals surface area contributed by atoms with E-state index in [0.29, 0.717) is 12.0 Å². The van der Waals surface area contributed by atoms with Gasteiger partial charge < -0.3 is 9.30 Å². The molecule has 3 aromatic rings. The van der Waals surface area contributed by atoms with Crippen molar-refractivity contribution in [3.63, 3.8) is 0 Å². The van der Waals surface area contributed by atoms with Crippen LogP contribution in [0.4, 0.5) is 13.2 Å². The Morgan fingerprint density at radius 2 is 1.73 bits per heavy atom. The molecular formula is C34H35F3N2O2. The zero-order valence-corrected chi connectivity index (χ0v) is 24.5. The Kier molecular flexibility index (Phi) is 7.84. The number of benzene rings is 2. The summed E-state index contributed by atoms with van der Waals surface area (Å²) >= 11 is 0. The average Bonchev–Trinajstić information content (AvgIpc) is 2.87. The highest BCUT2D eigenvalue weighted by Gasteiger charge is 2.37. The molecule has 0 radical (unpaired) electrons. The fourth-order valence-corrected chi connectivity index (χ4v) is 5.03. The second kappa shape index (κ2) is 10.7. The molecule has 1 aromatic heterocycles. The molecule has 0 spiro atoms. The summed E-state index contributed by atoms with van der Waals surface area (Å²) in [4.78, 5) is 13.4. The molecule has 1 unspecified atom stereocenters. The van der Waals surface area contributed by atoms with Gasteiger partial charge in [-0.15, -0.1) is 0 Å². The number of nitriles is 1. The fraction of sp³-hybridized carbons (Fsp3) is 0.353. The van der Waals surface area contributed by atoms with Crippen molar-refractivity contribution in [1.82, 2.24) is 4.57 Å². The molecule has 0 bridgehead atoms. The van der Waals surface area contributed by atoms with Gasteiger partial charge in [0.05, 0.1) is 17.8 Å². The molecule has 0 aliphatic heterocycles. The van der Waals surface area contributed by atoms with Gasteiger partial charge in [0, 0.05) is 6.42 Å². The van der Waals surface area contributed by atoms with E-state index in [1.165, 1.54) is 16.2 Å². The average molecular weight is 561 g/mol. The molecule has 0 saturated carbocycles. The minimum Gasteiger partial charge on any atom is -0.483 e. The molecule has 41 heavy (non-hydrogen) atoms. The molecule has 4 nitrogen and oxygen atoms in total. The number of nitrogens with zero attached hydrogens (tertiary/aromatic N) is 2. The largest absolute Gasteiger partial charge is 0.483 e. The summed E-state index contributed by atoms with van der Waals surface area (Å²) in [5.41, 5.74) is 1.62. The Labute approximate surface area is 239 Å². The first-order valence-corrected chi connectivity index (χ1v) is 13.5. The summed E-state index contributed by atoms with van der Waals surface area (Å²) in [5, 5.41) is 9.53. The summed E-state index contributed by atoms with van der Waals surface area (Å²) < 4.78 is 49.6. The lowest BCUT2D eigenvalue weighted by molar-refractivity contribution is -0.138. The van der Waals surface area contributed by atoms with E-state index in [1.54, 1.807) is 12.2 Å². The fourth-order valence-electron chi connectivity index (χ4n) is 5.03. The predicted molar refractivity (Wildman–Crippen MR) is 156 cm³/mol. The standard InChI is InChI=1S/C34H35F3N2O2/c1-21-8-9-25(22(2)16-21)20-39-29(18-28(34(35,36)37)27(19-38)31(39)40)24-12-14-33(7,15-13-24)41-30-11-10-26(17-23(30)3)32(4,5)6/h8-14,16-18H,15,20H2,1-7H3. The van der Waals surface area contributed by atoms with Crippen LogP contribution in [-0.4, -0.2) is 10.2 Å². The van der Waals surface area contributed by atoms with Gasteiger partial charge in [-0.05, 0) is 79.1 Å². The Balaban J connectivity index is 1.75. The van der Waals surface area contributed by atoms with E-state index in [9.17, 15) is 23.2 Å². The van der Waals surface area contributed by atoms with Crippen LogP contribution in [-0.2, 0) is 18.1 Å². The highest BCUT2D eigenvalue weighted by atomic mass is 19.4. The van der Waals surface area contributed by atoms with Gasteiger partial charge in [0.25, 0.3) is 5.56 Å². The van der Waals surface area contributed by atoms with Crippen LogP contribution in [0.3, 0.4) is 0 Å². The maximum Gasteiger partial charge on any atom is 0.417 e. The Hall–Kier alpha value is -4.05. The van der Waals surface area contributed by atoms with Crippen LogP contribution >= 0.6 is 0 Å². The summed E-state index contributed by atoms with van der Waals surface area (Å²) in [6.07, 6.45) is 0.820. The molecule has 7 heteroatoms. The van der Waals surface area contributed by atoms with Gasteiger partial charge in [0.2, 0.25) is 0 Å². The minimum absolute atomic E-state index is 0.00115. The number of aromatic nitrogens is 1. The van der Waals surface area contributed by atoms with Crippen LogP contribution in [0, 0.1) is 32.1 Å². The lowest BCUT2D eigenvalue weighted by atomic mass is 9.86. The quantitative estimate of drug-likeness (QED) is 0.316. The van der Waals surface area contributed by atoms with Gasteiger partial charge in [-0.3, -0.25) is 4.79 Å². The zero-order valence-electron chi connectivity index (χ0n) is 24.5. The van der Waals surface area contributed by atoms with Gasteiger partial charge in [-0.25, -0.2) is 0 Å². The molecule has 214 valence electrons. The molecule has 1 aliphatic carbocycles. The van der Waals surface area contributed by atoms with Crippen molar-refractivity contribution in [3.05, 3.63) is 116 Å². The van der Waals surface area contributed by atoms with Crippen molar-refractivity contribution in [1.29, 1.82) is 5.26 Å². The first kappa shape index (κ1) is 29.9. The van der Waals surface area contributed by atoms with E-state index in [0.717, 1.165) is 34.1 Å². The molecule has 1 heterocycles. The van der Waals surface area contributed by atoms with Crippen molar-refractivity contribution in [2.75, 3.05) is 0 Å². The number of allylic oxidation sites excluding steroid dienone is 2. The number of pyridine rings is 1. The third-order valence-electron chi connectivity index (χ3n) is 7.57. The van der Waals surface area contributed by atoms with E-state index in [2.05, 4.69) is 26.8 Å². The van der Waals surface area contributed by atoms with E-state index in [1.807, 2.05) is 64.1 Å². The second-order valence-electron chi connectivity index (χ2n) is 12.1. The van der Waals surface area contributed by atoms with E-state index >= 15 is 0 Å². The van der Waals surface area contributed by atoms with Crippen molar-refractivity contribution >= 4 is 5.57 Å². The van der Waals surface area contributed by atoms with Crippen LogP contribution in [0.25, 0.3) is 5.57 Å². The molecule has 1 aliphatic rings. The van der Waals surface area contributed by atoms with Gasteiger partial charge >= 0.3 is 6.18 Å². The number of hydrogen-bond donors (Lipinski definition) is 0. The third kappa shape index (κ3) is 6.32. The van der Waals surface area contributed by atoms with Crippen molar-refractivity contribution < 1.29 is 17.9 Å². The molecule has 0 amide bonds. The summed E-state index contributed by atoms with van der Waals surface area (Å²) in [7, 11) is 0. The summed E-state index contributed by atoms with van der Waals surface area (Å²) in [5.74, 6) is 0.728. The zero-order chi connectivity index (χ0) is 30.3. The molecule has 1 atom stereocenters.